The van der Waals surface area contributed by atoms with Gasteiger partial charge in [0.15, 0.2) is 5.82 Å². The number of aromatic amines is 1. The number of nitrogens with two attached hydrogens (primary N) is 1. The molecule has 2 atom stereocenters. The topological polar surface area (TPSA) is 91.1 Å². The Balaban J connectivity index is 1.33. The van der Waals surface area contributed by atoms with Crippen LogP contribution in [0.5, 0.6) is 0 Å². The molecule has 2 aromatic heterocycles. The van der Waals surface area contributed by atoms with E-state index in [2.05, 4.69) is 31.6 Å². The lowest BCUT2D eigenvalue weighted by atomic mass is 10.1. The maximum atomic E-state index is 10.5. The molecule has 2 aromatic rings. The van der Waals surface area contributed by atoms with Crippen molar-refractivity contribution in [1.29, 1.82) is 0 Å². The Kier molecular flexibility index (Phi) is 5.66. The van der Waals surface area contributed by atoms with Gasteiger partial charge in [0.1, 0.15) is 11.8 Å². The number of nitrogens with one attached hydrogen (secondary N) is 1. The maximum absolute atomic E-state index is 10.5. The molecule has 2 aliphatic rings. The molecule has 4 N–H and O–H groups in total. The van der Waals surface area contributed by atoms with Crippen LogP contribution in [0.3, 0.4) is 0 Å². The largest absolute Gasteiger partial charge is 0.391 e. The smallest absolute Gasteiger partial charge is 0.151 e. The molecule has 1 aliphatic carbocycles. The van der Waals surface area contributed by atoms with E-state index in [9.17, 15) is 5.11 Å². The number of aromatic nitrogens is 3. The van der Waals surface area contributed by atoms with Gasteiger partial charge in [0.05, 0.1) is 11.6 Å². The first-order chi connectivity index (χ1) is 12.7. The lowest BCUT2D eigenvalue weighted by Crippen LogP contribution is -2.21. The minimum Gasteiger partial charge on any atom is -0.391 e. The highest BCUT2D eigenvalue weighted by Gasteiger charge is 2.32. The molecule has 0 radical (unpaired) electrons. The third kappa shape index (κ3) is 4.00. The first-order valence-corrected chi connectivity index (χ1v) is 10.8. The van der Waals surface area contributed by atoms with E-state index in [1.807, 2.05) is 6.20 Å². The lowest BCUT2D eigenvalue weighted by molar-refractivity contribution is 0.149. The van der Waals surface area contributed by atoms with Gasteiger partial charge in [-0.1, -0.05) is 25.7 Å². The highest BCUT2D eigenvalue weighted by Crippen LogP contribution is 2.31. The van der Waals surface area contributed by atoms with Crippen molar-refractivity contribution >= 4 is 28.6 Å². The molecule has 4 rings (SSSR count). The fourth-order valence-electron chi connectivity index (χ4n) is 4.28. The first kappa shape index (κ1) is 18.1. The van der Waals surface area contributed by atoms with Crippen LogP contribution in [0.25, 0.3) is 11.0 Å². The molecule has 1 saturated carbocycles. The summed E-state index contributed by atoms with van der Waals surface area (Å²) in [5.74, 6) is 1.93. The van der Waals surface area contributed by atoms with E-state index in [-0.39, 0.29) is 6.10 Å². The Morgan fingerprint density at radius 2 is 2.00 bits per heavy atom. The Bertz CT molecular complexity index is 728. The van der Waals surface area contributed by atoms with Crippen LogP contribution in [0.15, 0.2) is 12.5 Å². The summed E-state index contributed by atoms with van der Waals surface area (Å²) < 4.78 is 0. The zero-order chi connectivity index (χ0) is 17.9. The van der Waals surface area contributed by atoms with Crippen molar-refractivity contribution in [2.45, 2.75) is 56.4 Å². The molecule has 0 unspecified atom stereocenters. The Morgan fingerprint density at radius 3 is 2.81 bits per heavy atom. The number of aliphatic hydroxyl groups excluding tert-OH is 1. The quantitative estimate of drug-likeness (QED) is 0.696. The number of anilines is 1. The van der Waals surface area contributed by atoms with Crippen molar-refractivity contribution in [3.05, 3.63) is 18.1 Å². The minimum absolute atomic E-state index is 0.224. The molecule has 1 aliphatic heterocycles. The molecular formula is C19H29N5OS. The van der Waals surface area contributed by atoms with Gasteiger partial charge in [0, 0.05) is 48.3 Å². The van der Waals surface area contributed by atoms with Gasteiger partial charge in [0.2, 0.25) is 0 Å². The highest BCUT2D eigenvalue weighted by atomic mass is 32.2. The van der Waals surface area contributed by atoms with Gasteiger partial charge < -0.3 is 15.8 Å². The fraction of sp³-hybridized carbons (Fsp3) is 0.684. The number of aliphatic hydroxyl groups is 1. The van der Waals surface area contributed by atoms with E-state index in [0.29, 0.717) is 11.7 Å². The third-order valence-electron chi connectivity index (χ3n) is 5.80. The molecule has 3 heterocycles. The molecule has 142 valence electrons. The molecule has 26 heavy (non-hydrogen) atoms. The van der Waals surface area contributed by atoms with Crippen LogP contribution in [0.1, 0.15) is 44.1 Å². The number of hydrogen-bond donors (Lipinski definition) is 3. The fourth-order valence-corrected chi connectivity index (χ4v) is 5.79. The second-order valence-electron chi connectivity index (χ2n) is 7.76. The zero-order valence-corrected chi connectivity index (χ0v) is 16.0. The van der Waals surface area contributed by atoms with Gasteiger partial charge in [-0.15, -0.1) is 0 Å². The summed E-state index contributed by atoms with van der Waals surface area (Å²) in [6.45, 7) is 2.48. The predicted molar refractivity (Wildman–Crippen MR) is 107 cm³/mol. The van der Waals surface area contributed by atoms with E-state index < -0.39 is 0 Å². The van der Waals surface area contributed by atoms with E-state index >= 15 is 0 Å². The lowest BCUT2D eigenvalue weighted by Gasteiger charge is -2.18. The second-order valence-corrected chi connectivity index (χ2v) is 9.10. The molecule has 6 nitrogen and oxygen atoms in total. The number of nitrogen functional groups attached to an aromatic ring is 1. The van der Waals surface area contributed by atoms with Crippen LogP contribution in [-0.4, -0.2) is 55.2 Å². The van der Waals surface area contributed by atoms with Crippen LogP contribution in [0.4, 0.5) is 5.82 Å². The summed E-state index contributed by atoms with van der Waals surface area (Å²) in [6.07, 6.45) is 11.5. The molecule has 0 spiro atoms. The van der Waals surface area contributed by atoms with Crippen molar-refractivity contribution in [2.75, 3.05) is 24.6 Å². The molecule has 0 bridgehead atoms. The number of nitrogens with zero attached hydrogens (tertiary/aromatic N) is 3. The summed E-state index contributed by atoms with van der Waals surface area (Å²) in [6, 6.07) is 0. The number of H-pyrrole nitrogens is 1. The first-order valence-electron chi connectivity index (χ1n) is 9.79. The van der Waals surface area contributed by atoms with Gasteiger partial charge >= 0.3 is 0 Å². The second kappa shape index (κ2) is 8.15. The van der Waals surface area contributed by atoms with Gasteiger partial charge in [-0.05, 0) is 12.8 Å². The summed E-state index contributed by atoms with van der Waals surface area (Å²) in [5.41, 5.74) is 8.73. The standard InChI is InChI=1S/C19H29N5OS/c20-19-18-17(22-12-23-19)13(7-21-18)8-24-9-14(16(25)10-24)11-26-15-5-3-1-2-4-6-15/h7,12,14-16,21,25H,1-6,8-11H2,(H2,20,22,23)/t14-,16-/m1/s1. The van der Waals surface area contributed by atoms with E-state index in [0.717, 1.165) is 47.2 Å². The van der Waals surface area contributed by atoms with Crippen LogP contribution < -0.4 is 5.73 Å². The molecular weight excluding hydrogens is 346 g/mol. The summed E-state index contributed by atoms with van der Waals surface area (Å²) in [4.78, 5) is 13.9. The zero-order valence-electron chi connectivity index (χ0n) is 15.2. The maximum Gasteiger partial charge on any atom is 0.151 e. The van der Waals surface area contributed by atoms with Crippen LogP contribution in [-0.2, 0) is 6.54 Å². The van der Waals surface area contributed by atoms with Crippen molar-refractivity contribution in [2.24, 2.45) is 5.92 Å². The SMILES string of the molecule is Nc1ncnc2c(CN3C[C@H](CSC4CCCCCC4)[C@H](O)C3)c[nH]c12. The molecule has 0 aromatic carbocycles. The number of fused-ring (bicyclic) bond motifs is 1. The van der Waals surface area contributed by atoms with Gasteiger partial charge in [-0.25, -0.2) is 9.97 Å². The van der Waals surface area contributed by atoms with E-state index in [1.54, 1.807) is 0 Å². The Labute approximate surface area is 159 Å². The van der Waals surface area contributed by atoms with Crippen LogP contribution in [0.2, 0.25) is 0 Å². The Morgan fingerprint density at radius 1 is 1.19 bits per heavy atom. The number of β-amino-alcohol motifs (C(OH)–C–C–N with tert-alkyl or cyclic N) is 1. The molecule has 0 amide bonds. The number of rotatable bonds is 5. The monoisotopic (exact) mass is 375 g/mol. The average molecular weight is 376 g/mol. The molecule has 2 fully saturated rings. The van der Waals surface area contributed by atoms with Crippen molar-refractivity contribution in [3.63, 3.8) is 0 Å². The Hall–Kier alpha value is -1.31. The number of hydrogen-bond acceptors (Lipinski definition) is 6. The van der Waals surface area contributed by atoms with Crippen molar-refractivity contribution < 1.29 is 5.11 Å². The van der Waals surface area contributed by atoms with Gasteiger partial charge in [-0.2, -0.15) is 11.8 Å². The number of likely N-dealkylation sites (tertiary alicyclic amines) is 1. The van der Waals surface area contributed by atoms with Gasteiger partial charge in [-0.3, -0.25) is 4.90 Å². The summed E-state index contributed by atoms with van der Waals surface area (Å²) in [5, 5.41) is 11.3. The highest BCUT2D eigenvalue weighted by molar-refractivity contribution is 7.99. The summed E-state index contributed by atoms with van der Waals surface area (Å²) >= 11 is 2.10. The summed E-state index contributed by atoms with van der Waals surface area (Å²) in [7, 11) is 0. The van der Waals surface area contributed by atoms with E-state index in [4.69, 9.17) is 5.73 Å². The van der Waals surface area contributed by atoms with Crippen LogP contribution >= 0.6 is 11.8 Å². The number of thioether (sulfide) groups is 1. The van der Waals surface area contributed by atoms with E-state index in [1.165, 1.54) is 44.9 Å². The third-order valence-corrected chi connectivity index (χ3v) is 7.36. The molecule has 1 saturated heterocycles. The average Bonchev–Trinajstić information content (AvgIpc) is 3.08. The normalized spacial score (nSPS) is 25.7. The van der Waals surface area contributed by atoms with Gasteiger partial charge in [0.25, 0.3) is 0 Å². The van der Waals surface area contributed by atoms with Crippen molar-refractivity contribution in [3.8, 4) is 0 Å². The predicted octanol–water partition coefficient (Wildman–Crippen LogP) is 2.79. The van der Waals surface area contributed by atoms with Crippen molar-refractivity contribution in [1.82, 2.24) is 19.9 Å². The minimum atomic E-state index is -0.224. The van der Waals surface area contributed by atoms with Crippen LogP contribution in [0, 0.1) is 5.92 Å². The molecule has 7 heteroatoms.